The van der Waals surface area contributed by atoms with Crippen LogP contribution in [0.4, 0.5) is 5.69 Å². The van der Waals surface area contributed by atoms with Gasteiger partial charge in [-0.2, -0.15) is 0 Å². The molecule has 0 saturated carbocycles. The number of rotatable bonds is 1. The molecule has 1 aromatic carbocycles. The Hall–Kier alpha value is -1.13. The molecule has 1 heterocycles. The summed E-state index contributed by atoms with van der Waals surface area (Å²) in [4.78, 5) is 28.1. The zero-order valence-electron chi connectivity index (χ0n) is 9.36. The summed E-state index contributed by atoms with van der Waals surface area (Å²) in [6.45, 7) is 1.41. The molecule has 0 bridgehead atoms. The van der Waals surface area contributed by atoms with Crippen molar-refractivity contribution in [3.05, 3.63) is 28.8 Å². The van der Waals surface area contributed by atoms with Gasteiger partial charge in [0.25, 0.3) is 0 Å². The maximum Gasteiger partial charge on any atom is 0.182 e. The van der Waals surface area contributed by atoms with Gasteiger partial charge in [-0.05, 0) is 25.3 Å². The number of Topliss-reactive ketones (excluding diaryl/α,β-unsaturated/α-hetero) is 2. The van der Waals surface area contributed by atoms with Crippen LogP contribution in [0, 0.1) is 5.92 Å². The van der Waals surface area contributed by atoms with Crippen LogP contribution in [0.5, 0.6) is 0 Å². The van der Waals surface area contributed by atoms with Gasteiger partial charge in [-0.25, -0.2) is 4.99 Å². The quantitative estimate of drug-likeness (QED) is 0.735. The van der Waals surface area contributed by atoms with E-state index in [1.807, 2.05) is 0 Å². The SMILES string of the molecule is CSC1=Nc2c(Cl)cccc2C(=O)C1C(C)=O. The molecule has 1 aliphatic heterocycles. The Morgan fingerprint density at radius 3 is 2.76 bits per heavy atom. The Balaban J connectivity index is 2.65. The Kier molecular flexibility index (Phi) is 3.35. The van der Waals surface area contributed by atoms with Crippen LogP contribution in [0.1, 0.15) is 17.3 Å². The number of benzene rings is 1. The molecule has 1 aromatic rings. The van der Waals surface area contributed by atoms with E-state index in [-0.39, 0.29) is 11.6 Å². The fourth-order valence-electron chi connectivity index (χ4n) is 1.79. The zero-order chi connectivity index (χ0) is 12.6. The number of carbonyl (C=O) groups is 2. The number of ketones is 2. The number of hydrogen-bond donors (Lipinski definition) is 0. The van der Waals surface area contributed by atoms with E-state index in [1.165, 1.54) is 18.7 Å². The highest BCUT2D eigenvalue weighted by molar-refractivity contribution is 8.13. The van der Waals surface area contributed by atoms with E-state index in [0.717, 1.165) is 0 Å². The molecule has 0 aliphatic carbocycles. The second-order valence-electron chi connectivity index (χ2n) is 3.70. The van der Waals surface area contributed by atoms with Crippen LogP contribution < -0.4 is 0 Å². The summed E-state index contributed by atoms with van der Waals surface area (Å²) in [5, 5.41) is 0.951. The van der Waals surface area contributed by atoms with Crippen LogP contribution in [-0.2, 0) is 4.79 Å². The van der Waals surface area contributed by atoms with Crippen molar-refractivity contribution in [2.45, 2.75) is 6.92 Å². The van der Waals surface area contributed by atoms with Gasteiger partial charge >= 0.3 is 0 Å². The summed E-state index contributed by atoms with van der Waals surface area (Å²) in [6, 6.07) is 5.03. The third-order valence-electron chi connectivity index (χ3n) is 2.60. The monoisotopic (exact) mass is 267 g/mol. The number of para-hydroxylation sites is 1. The molecule has 0 radical (unpaired) electrons. The van der Waals surface area contributed by atoms with Gasteiger partial charge in [-0.15, -0.1) is 11.8 Å². The minimum absolute atomic E-state index is 0.186. The van der Waals surface area contributed by atoms with Gasteiger partial charge in [0.15, 0.2) is 5.78 Å². The molecule has 1 unspecified atom stereocenters. The second-order valence-corrected chi connectivity index (χ2v) is 4.93. The number of thioether (sulfide) groups is 1. The molecule has 0 spiro atoms. The van der Waals surface area contributed by atoms with Gasteiger partial charge < -0.3 is 0 Å². The summed E-state index contributed by atoms with van der Waals surface area (Å²) in [5.74, 6) is -1.17. The van der Waals surface area contributed by atoms with Crippen LogP contribution in [0.15, 0.2) is 23.2 Å². The van der Waals surface area contributed by atoms with Gasteiger partial charge in [0, 0.05) is 5.56 Å². The highest BCUT2D eigenvalue weighted by Crippen LogP contribution is 2.37. The first-order chi connectivity index (χ1) is 8.06. The molecule has 0 amide bonds. The molecule has 0 N–H and O–H groups in total. The predicted octanol–water partition coefficient (Wildman–Crippen LogP) is 3.13. The van der Waals surface area contributed by atoms with Gasteiger partial charge in [0.1, 0.15) is 11.7 Å². The lowest BCUT2D eigenvalue weighted by molar-refractivity contribution is -0.117. The van der Waals surface area contributed by atoms with E-state index in [9.17, 15) is 9.59 Å². The van der Waals surface area contributed by atoms with Gasteiger partial charge in [-0.3, -0.25) is 9.59 Å². The van der Waals surface area contributed by atoms with Gasteiger partial charge in [-0.1, -0.05) is 17.7 Å². The largest absolute Gasteiger partial charge is 0.299 e. The smallest absolute Gasteiger partial charge is 0.182 e. The standard InChI is InChI=1S/C12H10ClNO2S/c1-6(15)9-11(16)7-4-3-5-8(13)10(7)14-12(9)17-2/h3-5,9H,1-2H3. The number of nitrogens with zero attached hydrogens (tertiary/aromatic N) is 1. The number of halogens is 1. The number of hydrogen-bond acceptors (Lipinski definition) is 4. The Bertz CT molecular complexity index is 539. The van der Waals surface area contributed by atoms with Crippen LogP contribution in [0.3, 0.4) is 0 Å². The van der Waals surface area contributed by atoms with E-state index < -0.39 is 5.92 Å². The topological polar surface area (TPSA) is 46.5 Å². The molecule has 0 fully saturated rings. The van der Waals surface area contributed by atoms with Crippen LogP contribution in [0.25, 0.3) is 0 Å². The fourth-order valence-corrected chi connectivity index (χ4v) is 2.70. The van der Waals surface area contributed by atoms with E-state index in [2.05, 4.69) is 4.99 Å². The van der Waals surface area contributed by atoms with Crippen molar-refractivity contribution in [3.8, 4) is 0 Å². The summed E-state index contributed by atoms with van der Waals surface area (Å²) in [5.41, 5.74) is 0.900. The molecule has 5 heteroatoms. The molecular weight excluding hydrogens is 258 g/mol. The maximum absolute atomic E-state index is 12.2. The van der Waals surface area contributed by atoms with Crippen molar-refractivity contribution in [2.75, 3.05) is 6.26 Å². The van der Waals surface area contributed by atoms with E-state index in [4.69, 9.17) is 11.6 Å². The average molecular weight is 268 g/mol. The van der Waals surface area contributed by atoms with Crippen molar-refractivity contribution in [2.24, 2.45) is 10.9 Å². The Morgan fingerprint density at radius 1 is 1.47 bits per heavy atom. The molecule has 17 heavy (non-hydrogen) atoms. The molecule has 1 atom stereocenters. The summed E-state index contributed by atoms with van der Waals surface area (Å²) >= 11 is 7.31. The normalized spacial score (nSPS) is 18.6. The molecular formula is C12H10ClNO2S. The number of fused-ring (bicyclic) bond motifs is 1. The van der Waals surface area contributed by atoms with Crippen molar-refractivity contribution >= 4 is 45.7 Å². The molecule has 0 aromatic heterocycles. The number of aliphatic imine (C=N–C) groups is 1. The van der Waals surface area contributed by atoms with Crippen molar-refractivity contribution in [1.29, 1.82) is 0 Å². The molecule has 3 nitrogen and oxygen atoms in total. The highest BCUT2D eigenvalue weighted by Gasteiger charge is 2.35. The summed E-state index contributed by atoms with van der Waals surface area (Å²) in [7, 11) is 0. The van der Waals surface area contributed by atoms with E-state index in [0.29, 0.717) is 21.3 Å². The third-order valence-corrected chi connectivity index (χ3v) is 3.65. The van der Waals surface area contributed by atoms with Crippen molar-refractivity contribution in [1.82, 2.24) is 0 Å². The predicted molar refractivity (Wildman–Crippen MR) is 70.6 cm³/mol. The second kappa shape index (κ2) is 4.63. The van der Waals surface area contributed by atoms with Gasteiger partial charge in [0.05, 0.1) is 15.8 Å². The van der Waals surface area contributed by atoms with Crippen LogP contribution in [0.2, 0.25) is 5.02 Å². The lowest BCUT2D eigenvalue weighted by Gasteiger charge is -2.20. The molecule has 0 saturated heterocycles. The first kappa shape index (κ1) is 12.3. The van der Waals surface area contributed by atoms with Crippen LogP contribution >= 0.6 is 23.4 Å². The minimum Gasteiger partial charge on any atom is -0.299 e. The molecule has 2 rings (SSSR count). The van der Waals surface area contributed by atoms with Crippen molar-refractivity contribution in [3.63, 3.8) is 0 Å². The Labute approximate surface area is 108 Å². The number of carbonyl (C=O) groups excluding carboxylic acids is 2. The average Bonchev–Trinajstić information content (AvgIpc) is 2.29. The van der Waals surface area contributed by atoms with Crippen molar-refractivity contribution < 1.29 is 9.59 Å². The molecule has 1 aliphatic rings. The first-order valence-corrected chi connectivity index (χ1v) is 6.62. The fraction of sp³-hybridized carbons (Fsp3) is 0.250. The zero-order valence-corrected chi connectivity index (χ0v) is 10.9. The highest BCUT2D eigenvalue weighted by atomic mass is 35.5. The Morgan fingerprint density at radius 2 is 2.18 bits per heavy atom. The van der Waals surface area contributed by atoms with E-state index >= 15 is 0 Å². The minimum atomic E-state index is -0.768. The van der Waals surface area contributed by atoms with E-state index in [1.54, 1.807) is 24.5 Å². The maximum atomic E-state index is 12.2. The first-order valence-electron chi connectivity index (χ1n) is 5.02. The lowest BCUT2D eigenvalue weighted by atomic mass is 9.92. The third kappa shape index (κ3) is 2.03. The summed E-state index contributed by atoms with van der Waals surface area (Å²) in [6.07, 6.45) is 1.80. The van der Waals surface area contributed by atoms with Crippen LogP contribution in [-0.4, -0.2) is 22.9 Å². The lowest BCUT2D eigenvalue weighted by Crippen LogP contribution is -2.31. The van der Waals surface area contributed by atoms with Gasteiger partial charge in [0.2, 0.25) is 0 Å². The summed E-state index contributed by atoms with van der Waals surface area (Å²) < 4.78 is 0. The molecule has 88 valence electrons.